The number of benzene rings is 2. The molecular formula is C30H33N3O4. The minimum atomic E-state index is -1.15. The average Bonchev–Trinajstić information content (AvgIpc) is 3.54. The van der Waals surface area contributed by atoms with Crippen molar-refractivity contribution in [3.8, 4) is 0 Å². The van der Waals surface area contributed by atoms with Crippen molar-refractivity contribution in [3.63, 3.8) is 0 Å². The molecule has 2 aromatic carbocycles. The largest absolute Gasteiger partial charge is 0.359 e. The summed E-state index contributed by atoms with van der Waals surface area (Å²) in [5.74, 6) is -2.11. The molecule has 5 atom stereocenters. The molecule has 2 aromatic rings. The van der Waals surface area contributed by atoms with Gasteiger partial charge in [-0.15, -0.1) is 0 Å². The highest BCUT2D eigenvalue weighted by molar-refractivity contribution is 6.02. The molecular weight excluding hydrogens is 466 g/mol. The lowest BCUT2D eigenvalue weighted by Crippen LogP contribution is -2.56. The Hall–Kier alpha value is -3.45. The molecule has 7 nitrogen and oxygen atoms in total. The zero-order chi connectivity index (χ0) is 25.6. The predicted molar refractivity (Wildman–Crippen MR) is 139 cm³/mol. The summed E-state index contributed by atoms with van der Waals surface area (Å²) in [6.45, 7) is 2.27. The zero-order valence-corrected chi connectivity index (χ0v) is 21.1. The van der Waals surface area contributed by atoms with Crippen LogP contribution in [0, 0.1) is 18.8 Å². The first-order valence-electron chi connectivity index (χ1n) is 13.4. The van der Waals surface area contributed by atoms with Crippen LogP contribution in [0.1, 0.15) is 43.2 Å². The fourth-order valence-electron chi connectivity index (χ4n) is 6.61. The van der Waals surface area contributed by atoms with Crippen LogP contribution in [0.2, 0.25) is 0 Å². The van der Waals surface area contributed by atoms with Gasteiger partial charge in [-0.3, -0.25) is 14.4 Å². The van der Waals surface area contributed by atoms with Crippen LogP contribution in [0.25, 0.3) is 0 Å². The van der Waals surface area contributed by atoms with E-state index in [9.17, 15) is 14.4 Å². The van der Waals surface area contributed by atoms with E-state index in [4.69, 9.17) is 4.74 Å². The van der Waals surface area contributed by atoms with E-state index in [1.807, 2.05) is 73.7 Å². The summed E-state index contributed by atoms with van der Waals surface area (Å²) in [5.41, 5.74) is 1.55. The third-order valence-corrected chi connectivity index (χ3v) is 8.39. The van der Waals surface area contributed by atoms with Crippen molar-refractivity contribution in [2.45, 2.75) is 69.4 Å². The van der Waals surface area contributed by atoms with E-state index >= 15 is 0 Å². The van der Waals surface area contributed by atoms with Crippen LogP contribution in [-0.4, -0.2) is 46.4 Å². The molecule has 1 aliphatic carbocycles. The Bertz CT molecular complexity index is 1220. The molecule has 3 heterocycles. The Morgan fingerprint density at radius 2 is 1.73 bits per heavy atom. The van der Waals surface area contributed by atoms with Crippen LogP contribution < -0.4 is 10.6 Å². The topological polar surface area (TPSA) is 87.7 Å². The van der Waals surface area contributed by atoms with E-state index in [2.05, 4.69) is 10.6 Å². The SMILES string of the molecule is Cc1ccc(NC(=O)[C@@H]2[C@H]3C=C[C@@]4(O3)[C@H]2C(=O)N(Cc2ccccc2)[C@@H]4C(=O)NC2CCCCC2)cc1. The van der Waals surface area contributed by atoms with Gasteiger partial charge in [0.15, 0.2) is 0 Å². The fourth-order valence-corrected chi connectivity index (χ4v) is 6.61. The molecule has 2 N–H and O–H groups in total. The maximum Gasteiger partial charge on any atom is 0.246 e. The molecule has 1 saturated carbocycles. The van der Waals surface area contributed by atoms with Gasteiger partial charge in [0.2, 0.25) is 17.7 Å². The highest BCUT2D eigenvalue weighted by Crippen LogP contribution is 2.55. The summed E-state index contributed by atoms with van der Waals surface area (Å²) in [6.07, 6.45) is 8.45. The van der Waals surface area contributed by atoms with Crippen LogP contribution >= 0.6 is 0 Å². The number of anilines is 1. The van der Waals surface area contributed by atoms with E-state index in [0.717, 1.165) is 36.8 Å². The second kappa shape index (κ2) is 9.45. The number of hydrogen-bond acceptors (Lipinski definition) is 4. The minimum absolute atomic E-state index is 0.105. The van der Waals surface area contributed by atoms with E-state index in [1.165, 1.54) is 6.42 Å². The highest BCUT2D eigenvalue weighted by Gasteiger charge is 2.72. The van der Waals surface area contributed by atoms with E-state index in [1.54, 1.807) is 4.90 Å². The molecule has 1 spiro atoms. The van der Waals surface area contributed by atoms with Gasteiger partial charge in [0.25, 0.3) is 0 Å². The minimum Gasteiger partial charge on any atom is -0.359 e. The van der Waals surface area contributed by atoms with Crippen molar-refractivity contribution in [2.24, 2.45) is 11.8 Å². The molecule has 0 unspecified atom stereocenters. The maximum atomic E-state index is 14.0. The average molecular weight is 500 g/mol. The third kappa shape index (κ3) is 4.15. The number of rotatable bonds is 6. The molecule has 7 heteroatoms. The zero-order valence-electron chi connectivity index (χ0n) is 21.1. The van der Waals surface area contributed by atoms with E-state index in [-0.39, 0.29) is 30.3 Å². The molecule has 3 fully saturated rings. The van der Waals surface area contributed by atoms with Crippen molar-refractivity contribution in [1.29, 1.82) is 0 Å². The molecule has 0 radical (unpaired) electrons. The van der Waals surface area contributed by atoms with Crippen molar-refractivity contribution >= 4 is 23.4 Å². The van der Waals surface area contributed by atoms with Crippen LogP contribution in [0.3, 0.4) is 0 Å². The van der Waals surface area contributed by atoms with Crippen LogP contribution in [0.4, 0.5) is 5.69 Å². The van der Waals surface area contributed by atoms with Gasteiger partial charge < -0.3 is 20.3 Å². The summed E-state index contributed by atoms with van der Waals surface area (Å²) < 4.78 is 6.44. The molecule has 0 aromatic heterocycles. The van der Waals surface area contributed by atoms with Gasteiger partial charge in [0.1, 0.15) is 11.6 Å². The highest BCUT2D eigenvalue weighted by atomic mass is 16.5. The standard InChI is InChI=1S/C30H33N3O4/c1-19-12-14-22(15-13-19)31-27(34)24-23-16-17-30(37-23)25(24)29(36)33(18-20-8-4-2-5-9-20)26(30)28(35)32-21-10-6-3-7-11-21/h2,4-5,8-9,12-17,21,23-26H,3,6-7,10-11,18H2,1H3,(H,31,34)(H,32,35)/t23-,24-,25-,26-,30-/m1/s1. The quantitative estimate of drug-likeness (QED) is 0.593. The summed E-state index contributed by atoms with van der Waals surface area (Å²) >= 11 is 0. The monoisotopic (exact) mass is 499 g/mol. The first-order chi connectivity index (χ1) is 18.0. The lowest BCUT2D eigenvalue weighted by atomic mass is 9.74. The third-order valence-electron chi connectivity index (χ3n) is 8.39. The first-order valence-corrected chi connectivity index (χ1v) is 13.4. The van der Waals surface area contributed by atoms with Gasteiger partial charge in [0.05, 0.1) is 17.9 Å². The van der Waals surface area contributed by atoms with Gasteiger partial charge in [0, 0.05) is 18.3 Å². The number of carbonyl (C=O) groups is 3. The second-order valence-corrected chi connectivity index (χ2v) is 10.9. The van der Waals surface area contributed by atoms with Crippen molar-refractivity contribution in [2.75, 3.05) is 5.32 Å². The molecule has 192 valence electrons. The van der Waals surface area contributed by atoms with E-state index < -0.39 is 29.6 Å². The number of hydrogen-bond donors (Lipinski definition) is 2. The maximum absolute atomic E-state index is 14.0. The fraction of sp³-hybridized carbons (Fsp3) is 0.433. The summed E-state index contributed by atoms with van der Waals surface area (Å²) in [7, 11) is 0. The number of ether oxygens (including phenoxy) is 1. The lowest BCUT2D eigenvalue weighted by Gasteiger charge is -2.34. The van der Waals surface area contributed by atoms with Gasteiger partial charge in [-0.1, -0.05) is 79.4 Å². The van der Waals surface area contributed by atoms with Crippen LogP contribution in [0.15, 0.2) is 66.7 Å². The predicted octanol–water partition coefficient (Wildman–Crippen LogP) is 3.73. The second-order valence-electron chi connectivity index (χ2n) is 10.9. The summed E-state index contributed by atoms with van der Waals surface area (Å²) in [4.78, 5) is 43.1. The van der Waals surface area contributed by atoms with Gasteiger partial charge >= 0.3 is 0 Å². The molecule has 37 heavy (non-hydrogen) atoms. The van der Waals surface area contributed by atoms with E-state index in [0.29, 0.717) is 5.69 Å². The Labute approximate surface area is 217 Å². The first kappa shape index (κ1) is 23.9. The molecule has 2 saturated heterocycles. The van der Waals surface area contributed by atoms with Gasteiger partial charge in [-0.25, -0.2) is 0 Å². The molecule has 3 amide bonds. The van der Waals surface area contributed by atoms with Gasteiger partial charge in [-0.05, 0) is 37.5 Å². The number of aryl methyl sites for hydroxylation is 1. The number of likely N-dealkylation sites (tertiary alicyclic amines) is 1. The van der Waals surface area contributed by atoms with Crippen molar-refractivity contribution in [1.82, 2.24) is 10.2 Å². The number of carbonyl (C=O) groups excluding carboxylic acids is 3. The van der Waals surface area contributed by atoms with Crippen LogP contribution in [-0.2, 0) is 25.7 Å². The Morgan fingerprint density at radius 3 is 2.46 bits per heavy atom. The molecule has 2 bridgehead atoms. The van der Waals surface area contributed by atoms with Gasteiger partial charge in [-0.2, -0.15) is 0 Å². The number of nitrogens with zero attached hydrogens (tertiary/aromatic N) is 1. The summed E-state index contributed by atoms with van der Waals surface area (Å²) in [6, 6.07) is 16.5. The van der Waals surface area contributed by atoms with Crippen molar-refractivity contribution < 1.29 is 19.1 Å². The number of fused-ring (bicyclic) bond motifs is 1. The van der Waals surface area contributed by atoms with Crippen molar-refractivity contribution in [3.05, 3.63) is 77.9 Å². The lowest BCUT2D eigenvalue weighted by molar-refractivity contribution is -0.142. The normalized spacial score (nSPS) is 30.4. The Kier molecular flexibility index (Phi) is 6.11. The number of nitrogens with one attached hydrogen (secondary N) is 2. The number of amides is 3. The Morgan fingerprint density at radius 1 is 1.00 bits per heavy atom. The Balaban J connectivity index is 1.32. The smallest absolute Gasteiger partial charge is 0.246 e. The van der Waals surface area contributed by atoms with Crippen LogP contribution in [0.5, 0.6) is 0 Å². The summed E-state index contributed by atoms with van der Waals surface area (Å²) in [5, 5.41) is 6.21. The molecule has 4 aliphatic rings. The molecule has 6 rings (SSSR count). The molecule has 3 aliphatic heterocycles.